The SMILES string of the molecule is Cc1ccc(S(=O)(=O)N(c2ccccc2)c2n[nH]c3c2C=CC(c2ccccc2)(c2ccc(N(C)C)cc2)C3)cc1. The molecular weight excluding hydrogens is 528 g/mol. The maximum atomic E-state index is 14.1. The molecule has 6 rings (SSSR count). The van der Waals surface area contributed by atoms with Crippen LogP contribution in [0, 0.1) is 6.92 Å². The van der Waals surface area contributed by atoms with Crippen molar-refractivity contribution in [2.75, 3.05) is 23.3 Å². The van der Waals surface area contributed by atoms with Crippen molar-refractivity contribution in [2.45, 2.75) is 23.7 Å². The summed E-state index contributed by atoms with van der Waals surface area (Å²) < 4.78 is 29.6. The molecule has 4 aromatic carbocycles. The summed E-state index contributed by atoms with van der Waals surface area (Å²) in [6.07, 6.45) is 4.81. The molecule has 1 heterocycles. The minimum atomic E-state index is -3.96. The van der Waals surface area contributed by atoms with Gasteiger partial charge in [0, 0.05) is 42.9 Å². The van der Waals surface area contributed by atoms with Crippen LogP contribution in [0.4, 0.5) is 17.2 Å². The van der Waals surface area contributed by atoms with Crippen LogP contribution in [0.25, 0.3) is 6.08 Å². The van der Waals surface area contributed by atoms with Gasteiger partial charge in [-0.1, -0.05) is 90.5 Å². The van der Waals surface area contributed by atoms with E-state index in [0.717, 1.165) is 33.6 Å². The summed E-state index contributed by atoms with van der Waals surface area (Å²) in [5, 5.41) is 7.86. The van der Waals surface area contributed by atoms with Gasteiger partial charge in [-0.05, 0) is 54.4 Å². The van der Waals surface area contributed by atoms with Crippen molar-refractivity contribution in [1.82, 2.24) is 10.2 Å². The van der Waals surface area contributed by atoms with Crippen LogP contribution in [0.1, 0.15) is 27.9 Å². The summed E-state index contributed by atoms with van der Waals surface area (Å²) in [7, 11) is 0.103. The van der Waals surface area contributed by atoms with Crippen molar-refractivity contribution in [1.29, 1.82) is 0 Å². The lowest BCUT2D eigenvalue weighted by atomic mass is 9.68. The van der Waals surface area contributed by atoms with Crippen LogP contribution in [0.2, 0.25) is 0 Å². The van der Waals surface area contributed by atoms with Gasteiger partial charge in [0.25, 0.3) is 10.0 Å². The summed E-state index contributed by atoms with van der Waals surface area (Å²) in [6, 6.07) is 35.1. The van der Waals surface area contributed by atoms with E-state index >= 15 is 0 Å². The molecule has 6 nitrogen and oxygen atoms in total. The van der Waals surface area contributed by atoms with E-state index in [1.807, 2.05) is 63.5 Å². The van der Waals surface area contributed by atoms with Crippen LogP contribution in [-0.4, -0.2) is 32.7 Å². The Morgan fingerprint density at radius 3 is 2.00 bits per heavy atom. The third-order valence-corrected chi connectivity index (χ3v) is 9.52. The van der Waals surface area contributed by atoms with E-state index in [1.54, 1.807) is 24.3 Å². The minimum absolute atomic E-state index is 0.211. The first kappa shape index (κ1) is 26.6. The fourth-order valence-corrected chi connectivity index (χ4v) is 6.97. The zero-order valence-corrected chi connectivity index (χ0v) is 24.1. The third-order valence-electron chi connectivity index (χ3n) is 7.78. The molecule has 0 amide bonds. The van der Waals surface area contributed by atoms with Crippen LogP contribution in [0.3, 0.4) is 0 Å². The zero-order valence-electron chi connectivity index (χ0n) is 23.3. The van der Waals surface area contributed by atoms with Crippen molar-refractivity contribution >= 4 is 33.3 Å². The lowest BCUT2D eigenvalue weighted by Gasteiger charge is -2.35. The minimum Gasteiger partial charge on any atom is -0.378 e. The number of allylic oxidation sites excluding steroid dienone is 1. The van der Waals surface area contributed by atoms with Crippen molar-refractivity contribution < 1.29 is 8.42 Å². The zero-order chi connectivity index (χ0) is 28.6. The molecule has 1 atom stereocenters. The Balaban J connectivity index is 1.49. The number of anilines is 3. The monoisotopic (exact) mass is 560 g/mol. The Kier molecular flexibility index (Phi) is 6.75. The molecule has 206 valence electrons. The van der Waals surface area contributed by atoms with E-state index in [1.165, 1.54) is 4.31 Å². The number of fused-ring (bicyclic) bond motifs is 1. The van der Waals surface area contributed by atoms with Crippen LogP contribution >= 0.6 is 0 Å². The maximum absolute atomic E-state index is 14.1. The Labute approximate surface area is 241 Å². The molecule has 7 heteroatoms. The Bertz CT molecular complexity index is 1790. The van der Waals surface area contributed by atoms with E-state index in [-0.39, 0.29) is 4.90 Å². The van der Waals surface area contributed by atoms with Gasteiger partial charge >= 0.3 is 0 Å². The predicted octanol–water partition coefficient (Wildman–Crippen LogP) is 6.87. The highest BCUT2D eigenvalue weighted by Crippen LogP contribution is 2.45. The number of hydrogen-bond acceptors (Lipinski definition) is 4. The van der Waals surface area contributed by atoms with Crippen molar-refractivity contribution in [3.8, 4) is 0 Å². The average Bonchev–Trinajstić information content (AvgIpc) is 3.40. The summed E-state index contributed by atoms with van der Waals surface area (Å²) >= 11 is 0. The molecule has 1 aliphatic rings. The van der Waals surface area contributed by atoms with Crippen LogP contribution in [0.5, 0.6) is 0 Å². The number of nitrogens with one attached hydrogen (secondary N) is 1. The fraction of sp³-hybridized carbons (Fsp3) is 0.147. The van der Waals surface area contributed by atoms with Crippen molar-refractivity contribution in [3.05, 3.63) is 143 Å². The molecule has 0 saturated heterocycles. The second-order valence-electron chi connectivity index (χ2n) is 10.6. The first-order valence-corrected chi connectivity index (χ1v) is 15.0. The van der Waals surface area contributed by atoms with Gasteiger partial charge in [0.2, 0.25) is 0 Å². The number of hydrogen-bond donors (Lipinski definition) is 1. The quantitative estimate of drug-likeness (QED) is 0.236. The highest BCUT2D eigenvalue weighted by molar-refractivity contribution is 7.93. The summed E-state index contributed by atoms with van der Waals surface area (Å²) in [6.45, 7) is 1.94. The van der Waals surface area contributed by atoms with Crippen molar-refractivity contribution in [2.24, 2.45) is 0 Å². The second kappa shape index (κ2) is 10.4. The molecule has 0 fully saturated rings. The highest BCUT2D eigenvalue weighted by Gasteiger charge is 2.39. The molecule has 5 aromatic rings. The standard InChI is InChI=1S/C34H32N4O2S/c1-25-14-20-30(21-15-25)41(39,40)38(29-12-8-5-9-13-29)33-31-22-23-34(24-32(31)35-36-33,26-10-6-4-7-11-26)27-16-18-28(19-17-27)37(2)3/h4-23H,24H2,1-3H3,(H,35,36). The summed E-state index contributed by atoms with van der Waals surface area (Å²) in [5.74, 6) is 0.354. The number of nitrogens with zero attached hydrogens (tertiary/aromatic N) is 3. The van der Waals surface area contributed by atoms with Gasteiger partial charge in [0.1, 0.15) is 0 Å². The Morgan fingerprint density at radius 1 is 0.756 bits per heavy atom. The molecule has 0 bridgehead atoms. The maximum Gasteiger partial charge on any atom is 0.269 e. The molecule has 41 heavy (non-hydrogen) atoms. The number of H-pyrrole nitrogens is 1. The van der Waals surface area contributed by atoms with Crippen LogP contribution < -0.4 is 9.21 Å². The van der Waals surface area contributed by atoms with Gasteiger partial charge in [0.15, 0.2) is 5.82 Å². The average molecular weight is 561 g/mol. The summed E-state index contributed by atoms with van der Waals surface area (Å²) in [4.78, 5) is 2.30. The third kappa shape index (κ3) is 4.72. The van der Waals surface area contributed by atoms with Gasteiger partial charge in [-0.15, -0.1) is 0 Å². The highest BCUT2D eigenvalue weighted by atomic mass is 32.2. The van der Waals surface area contributed by atoms with Crippen LogP contribution in [-0.2, 0) is 21.9 Å². The number of aromatic nitrogens is 2. The molecular formula is C34H32N4O2S. The number of benzene rings is 4. The van der Waals surface area contributed by atoms with Gasteiger partial charge in [-0.2, -0.15) is 5.10 Å². The van der Waals surface area contributed by atoms with E-state index < -0.39 is 15.4 Å². The molecule has 1 aliphatic carbocycles. The topological polar surface area (TPSA) is 69.3 Å². The molecule has 0 aliphatic heterocycles. The van der Waals surface area contributed by atoms with Gasteiger partial charge in [-0.25, -0.2) is 12.7 Å². The Hall–Kier alpha value is -4.62. The number of aryl methyl sites for hydroxylation is 1. The van der Waals surface area contributed by atoms with Gasteiger partial charge in [-0.3, -0.25) is 5.10 Å². The first-order valence-electron chi connectivity index (χ1n) is 13.6. The number of rotatable bonds is 7. The predicted molar refractivity (Wildman–Crippen MR) is 166 cm³/mol. The number of aromatic amines is 1. The summed E-state index contributed by atoms with van der Waals surface area (Å²) in [5.41, 5.74) is 6.14. The largest absolute Gasteiger partial charge is 0.378 e. The molecule has 1 unspecified atom stereocenters. The van der Waals surface area contributed by atoms with Crippen LogP contribution in [0.15, 0.2) is 120 Å². The second-order valence-corrected chi connectivity index (χ2v) is 12.4. The molecule has 0 saturated carbocycles. The van der Waals surface area contributed by atoms with Gasteiger partial charge in [0.05, 0.1) is 10.6 Å². The van der Waals surface area contributed by atoms with Crippen molar-refractivity contribution in [3.63, 3.8) is 0 Å². The van der Waals surface area contributed by atoms with E-state index in [9.17, 15) is 8.42 Å². The van der Waals surface area contributed by atoms with Gasteiger partial charge < -0.3 is 4.90 Å². The fourth-order valence-electron chi connectivity index (χ4n) is 5.51. The Morgan fingerprint density at radius 2 is 1.37 bits per heavy atom. The van der Waals surface area contributed by atoms with E-state index in [4.69, 9.17) is 0 Å². The first-order chi connectivity index (χ1) is 19.8. The lowest BCUT2D eigenvalue weighted by Crippen LogP contribution is -2.31. The normalized spacial score (nSPS) is 16.3. The molecule has 1 aromatic heterocycles. The molecule has 0 spiro atoms. The molecule has 1 N–H and O–H groups in total. The van der Waals surface area contributed by atoms with E-state index in [2.05, 4.69) is 69.7 Å². The molecule has 0 radical (unpaired) electrons. The van der Waals surface area contributed by atoms with E-state index in [0.29, 0.717) is 17.9 Å². The number of sulfonamides is 1. The number of para-hydroxylation sites is 1. The smallest absolute Gasteiger partial charge is 0.269 e. The lowest BCUT2D eigenvalue weighted by molar-refractivity contribution is 0.595.